The summed E-state index contributed by atoms with van der Waals surface area (Å²) >= 11 is 5.64. The van der Waals surface area contributed by atoms with Gasteiger partial charge in [-0.25, -0.2) is 4.98 Å². The molecule has 0 saturated carbocycles. The molecule has 0 unspecified atom stereocenters. The van der Waals surface area contributed by atoms with E-state index < -0.39 is 0 Å². The molecule has 0 radical (unpaired) electrons. The van der Waals surface area contributed by atoms with Gasteiger partial charge in [0.2, 0.25) is 0 Å². The van der Waals surface area contributed by atoms with Gasteiger partial charge < -0.3 is 9.64 Å². The Balaban J connectivity index is 2.03. The number of methoxy groups -OCH3 is 1. The summed E-state index contributed by atoms with van der Waals surface area (Å²) in [6, 6.07) is 0. The van der Waals surface area contributed by atoms with Gasteiger partial charge in [0.25, 0.3) is 5.91 Å². The molecule has 1 aliphatic heterocycles. The summed E-state index contributed by atoms with van der Waals surface area (Å²) in [5, 5.41) is 0.227. The quantitative estimate of drug-likeness (QED) is 0.743. The van der Waals surface area contributed by atoms with Crippen LogP contribution in [0.1, 0.15) is 10.5 Å². The summed E-state index contributed by atoms with van der Waals surface area (Å²) in [6.07, 6.45) is 2.95. The lowest BCUT2D eigenvalue weighted by Gasteiger charge is -2.37. The molecule has 0 atom stereocenters. The molecule has 2 heterocycles. The fourth-order valence-electron chi connectivity index (χ4n) is 1.36. The van der Waals surface area contributed by atoms with Gasteiger partial charge in [-0.3, -0.25) is 9.78 Å². The Morgan fingerprint density at radius 2 is 2.33 bits per heavy atom. The Labute approximate surface area is 92.0 Å². The molecule has 0 spiro atoms. The van der Waals surface area contributed by atoms with Gasteiger partial charge in [0, 0.05) is 20.2 Å². The summed E-state index contributed by atoms with van der Waals surface area (Å²) in [4.78, 5) is 21.1. The first-order chi connectivity index (χ1) is 7.20. The second kappa shape index (κ2) is 4.12. The van der Waals surface area contributed by atoms with Crippen LogP contribution in [0.4, 0.5) is 0 Å². The van der Waals surface area contributed by atoms with Crippen LogP contribution < -0.4 is 0 Å². The zero-order valence-corrected chi connectivity index (χ0v) is 8.94. The average molecular weight is 228 g/mol. The molecular weight excluding hydrogens is 218 g/mol. The smallest absolute Gasteiger partial charge is 0.274 e. The Morgan fingerprint density at radius 1 is 1.60 bits per heavy atom. The lowest BCUT2D eigenvalue weighted by atomic mass is 10.1. The molecule has 5 nitrogen and oxygen atoms in total. The van der Waals surface area contributed by atoms with Crippen molar-refractivity contribution in [1.29, 1.82) is 0 Å². The highest BCUT2D eigenvalue weighted by Gasteiger charge is 2.31. The number of rotatable bonds is 2. The van der Waals surface area contributed by atoms with Crippen LogP contribution in [-0.2, 0) is 4.74 Å². The Morgan fingerprint density at radius 3 is 2.93 bits per heavy atom. The second-order valence-electron chi connectivity index (χ2n) is 3.29. The van der Waals surface area contributed by atoms with Gasteiger partial charge >= 0.3 is 0 Å². The average Bonchev–Trinajstić information content (AvgIpc) is 2.16. The van der Waals surface area contributed by atoms with E-state index in [1.807, 2.05) is 0 Å². The lowest BCUT2D eigenvalue weighted by molar-refractivity contribution is -0.0194. The normalized spacial score (nSPS) is 16.3. The number of carbonyl (C=O) groups is 1. The summed E-state index contributed by atoms with van der Waals surface area (Å²) in [6.45, 7) is 1.20. The van der Waals surface area contributed by atoms with E-state index >= 15 is 0 Å². The van der Waals surface area contributed by atoms with Crippen LogP contribution in [0.25, 0.3) is 0 Å². The van der Waals surface area contributed by atoms with Crippen LogP contribution in [0.2, 0.25) is 5.15 Å². The first-order valence-electron chi connectivity index (χ1n) is 4.50. The molecule has 1 saturated heterocycles. The Bertz CT molecular complexity index is 379. The summed E-state index contributed by atoms with van der Waals surface area (Å²) < 4.78 is 5.07. The predicted molar refractivity (Wildman–Crippen MR) is 53.7 cm³/mol. The minimum Gasteiger partial charge on any atom is -0.378 e. The highest BCUT2D eigenvalue weighted by atomic mass is 35.5. The number of aromatic nitrogens is 2. The van der Waals surface area contributed by atoms with Crippen LogP contribution in [0.3, 0.4) is 0 Å². The minimum absolute atomic E-state index is 0.140. The van der Waals surface area contributed by atoms with Crippen molar-refractivity contribution in [3.63, 3.8) is 0 Å². The van der Waals surface area contributed by atoms with Crippen molar-refractivity contribution < 1.29 is 9.53 Å². The van der Waals surface area contributed by atoms with Crippen molar-refractivity contribution in [2.24, 2.45) is 0 Å². The third kappa shape index (κ3) is 2.08. The van der Waals surface area contributed by atoms with E-state index in [1.54, 1.807) is 12.0 Å². The first kappa shape index (κ1) is 10.3. The van der Waals surface area contributed by atoms with Crippen LogP contribution in [0, 0.1) is 0 Å². The summed E-state index contributed by atoms with van der Waals surface area (Å²) in [5.41, 5.74) is 0.275. The zero-order valence-electron chi connectivity index (χ0n) is 8.18. The largest absolute Gasteiger partial charge is 0.378 e. The van der Waals surface area contributed by atoms with Crippen molar-refractivity contribution >= 4 is 17.5 Å². The van der Waals surface area contributed by atoms with E-state index in [2.05, 4.69) is 9.97 Å². The highest BCUT2D eigenvalue weighted by molar-refractivity contribution is 6.29. The minimum atomic E-state index is -0.154. The van der Waals surface area contributed by atoms with E-state index in [9.17, 15) is 4.79 Å². The molecule has 0 aromatic carbocycles. The molecule has 1 aromatic heterocycles. The van der Waals surface area contributed by atoms with E-state index in [4.69, 9.17) is 16.3 Å². The predicted octanol–water partition coefficient (Wildman–Crippen LogP) is 0.601. The first-order valence-corrected chi connectivity index (χ1v) is 4.88. The maximum Gasteiger partial charge on any atom is 0.274 e. The summed E-state index contributed by atoms with van der Waals surface area (Å²) in [5.74, 6) is -0.154. The van der Waals surface area contributed by atoms with Gasteiger partial charge in [-0.2, -0.15) is 0 Å². The number of nitrogens with zero attached hydrogens (tertiary/aromatic N) is 3. The van der Waals surface area contributed by atoms with Gasteiger partial charge in [-0.1, -0.05) is 11.6 Å². The Hall–Kier alpha value is -1.20. The zero-order chi connectivity index (χ0) is 10.8. The van der Waals surface area contributed by atoms with Crippen molar-refractivity contribution in [3.05, 3.63) is 23.2 Å². The SMILES string of the molecule is COC1CN(C(=O)c2cncc(Cl)n2)C1. The van der Waals surface area contributed by atoms with Crippen molar-refractivity contribution in [1.82, 2.24) is 14.9 Å². The van der Waals surface area contributed by atoms with E-state index in [-0.39, 0.29) is 22.9 Å². The van der Waals surface area contributed by atoms with Crippen molar-refractivity contribution in [2.75, 3.05) is 20.2 Å². The highest BCUT2D eigenvalue weighted by Crippen LogP contribution is 2.14. The number of ether oxygens (including phenoxy) is 1. The molecule has 80 valence electrons. The number of halogens is 1. The van der Waals surface area contributed by atoms with E-state index in [0.717, 1.165) is 0 Å². The van der Waals surface area contributed by atoms with E-state index in [0.29, 0.717) is 13.1 Å². The number of hydrogen-bond acceptors (Lipinski definition) is 4. The number of amides is 1. The molecule has 1 aliphatic rings. The molecule has 15 heavy (non-hydrogen) atoms. The molecule has 0 N–H and O–H groups in total. The molecule has 0 aliphatic carbocycles. The van der Waals surface area contributed by atoms with Crippen LogP contribution in [0.5, 0.6) is 0 Å². The van der Waals surface area contributed by atoms with Gasteiger partial charge in [0.15, 0.2) is 0 Å². The second-order valence-corrected chi connectivity index (χ2v) is 3.68. The fraction of sp³-hybridized carbons (Fsp3) is 0.444. The number of likely N-dealkylation sites (tertiary alicyclic amines) is 1. The van der Waals surface area contributed by atoms with Crippen LogP contribution in [-0.4, -0.2) is 47.1 Å². The fourth-order valence-corrected chi connectivity index (χ4v) is 1.51. The molecular formula is C9H10ClN3O2. The number of carbonyl (C=O) groups excluding carboxylic acids is 1. The standard InChI is InChI=1S/C9H10ClN3O2/c1-15-6-4-13(5-6)9(14)7-2-11-3-8(10)12-7/h2-3,6H,4-5H2,1H3. The third-order valence-corrected chi connectivity index (χ3v) is 2.47. The molecule has 1 amide bonds. The topological polar surface area (TPSA) is 55.3 Å². The van der Waals surface area contributed by atoms with Gasteiger partial charge in [-0.15, -0.1) is 0 Å². The van der Waals surface area contributed by atoms with Crippen molar-refractivity contribution in [2.45, 2.75) is 6.10 Å². The van der Waals surface area contributed by atoms with Gasteiger partial charge in [0.05, 0.1) is 18.5 Å². The molecule has 2 rings (SSSR count). The summed E-state index contributed by atoms with van der Waals surface area (Å²) in [7, 11) is 1.63. The van der Waals surface area contributed by atoms with E-state index in [1.165, 1.54) is 12.4 Å². The van der Waals surface area contributed by atoms with Gasteiger partial charge in [-0.05, 0) is 0 Å². The number of hydrogen-bond donors (Lipinski definition) is 0. The lowest BCUT2D eigenvalue weighted by Crippen LogP contribution is -2.54. The Kier molecular flexibility index (Phi) is 2.83. The maximum atomic E-state index is 11.7. The molecule has 1 aromatic rings. The van der Waals surface area contributed by atoms with Gasteiger partial charge in [0.1, 0.15) is 10.8 Å². The van der Waals surface area contributed by atoms with Crippen LogP contribution >= 0.6 is 11.6 Å². The maximum absolute atomic E-state index is 11.7. The third-order valence-electron chi connectivity index (χ3n) is 2.29. The monoisotopic (exact) mass is 227 g/mol. The molecule has 6 heteroatoms. The molecule has 0 bridgehead atoms. The molecule has 1 fully saturated rings. The van der Waals surface area contributed by atoms with Crippen molar-refractivity contribution in [3.8, 4) is 0 Å². The van der Waals surface area contributed by atoms with Crippen LogP contribution in [0.15, 0.2) is 12.4 Å².